The number of hydrogen-bond acceptors (Lipinski definition) is 14. The van der Waals surface area contributed by atoms with Crippen LogP contribution in [0.15, 0.2) is 69.9 Å². The van der Waals surface area contributed by atoms with Gasteiger partial charge in [-0.05, 0) is 48.0 Å². The minimum atomic E-state index is -1.87. The van der Waals surface area contributed by atoms with E-state index in [1.165, 1.54) is 55.7 Å². The van der Waals surface area contributed by atoms with Crippen LogP contribution in [0, 0.1) is 0 Å². The van der Waals surface area contributed by atoms with Crippen LogP contribution in [-0.4, -0.2) is 86.1 Å². The zero-order valence-corrected chi connectivity index (χ0v) is 23.4. The Balaban J connectivity index is 1.33. The van der Waals surface area contributed by atoms with Crippen molar-refractivity contribution >= 4 is 23.0 Å². The van der Waals surface area contributed by atoms with E-state index in [9.17, 15) is 45.3 Å². The van der Waals surface area contributed by atoms with Crippen molar-refractivity contribution in [2.45, 2.75) is 30.7 Å². The number of phenols is 4. The van der Waals surface area contributed by atoms with Gasteiger partial charge in [-0.3, -0.25) is 4.79 Å². The molecule has 7 N–H and O–H groups in total. The highest BCUT2D eigenvalue weighted by atomic mass is 16.7. The molecule has 3 aromatic carbocycles. The Morgan fingerprint density at radius 1 is 0.889 bits per heavy atom. The van der Waals surface area contributed by atoms with Crippen LogP contribution in [0.2, 0.25) is 0 Å². The molecule has 1 aromatic heterocycles. The lowest BCUT2D eigenvalue weighted by Gasteiger charge is -2.39. The molecule has 14 heteroatoms. The van der Waals surface area contributed by atoms with Gasteiger partial charge in [0.1, 0.15) is 53.5 Å². The highest BCUT2D eigenvalue weighted by molar-refractivity contribution is 5.89. The minimum absolute atomic E-state index is 0.0156. The van der Waals surface area contributed by atoms with Crippen molar-refractivity contribution in [1.29, 1.82) is 0 Å². The molecule has 0 bridgehead atoms. The van der Waals surface area contributed by atoms with Crippen molar-refractivity contribution in [3.05, 3.63) is 76.5 Å². The maximum atomic E-state index is 12.8. The number of hydrogen-bond donors (Lipinski definition) is 7. The van der Waals surface area contributed by atoms with Gasteiger partial charge in [0.25, 0.3) is 0 Å². The van der Waals surface area contributed by atoms with E-state index in [1.54, 1.807) is 0 Å². The van der Waals surface area contributed by atoms with Gasteiger partial charge in [-0.25, -0.2) is 4.79 Å². The molecule has 0 radical (unpaired) electrons. The molecular weight excluding hydrogens is 596 g/mol. The second kappa shape index (κ2) is 12.8. The van der Waals surface area contributed by atoms with Crippen molar-refractivity contribution in [3.63, 3.8) is 0 Å². The second-order valence-corrected chi connectivity index (χ2v) is 9.99. The molecule has 236 valence electrons. The average Bonchev–Trinajstić information content (AvgIpc) is 3.02. The third kappa shape index (κ3) is 6.49. The highest BCUT2D eigenvalue weighted by Gasteiger charge is 2.46. The molecule has 1 aliphatic heterocycles. The molecule has 2 heterocycles. The predicted octanol–water partition coefficient (Wildman–Crippen LogP) is 1.73. The molecule has 0 saturated carbocycles. The number of carbonyl (C=O) groups is 1. The highest BCUT2D eigenvalue weighted by Crippen LogP contribution is 2.42. The number of carbonyl (C=O) groups excluding carboxylic acids is 1. The first-order valence-electron chi connectivity index (χ1n) is 13.4. The Bertz CT molecular complexity index is 1800. The van der Waals surface area contributed by atoms with E-state index in [1.807, 2.05) is 0 Å². The number of aromatic hydroxyl groups is 4. The smallest absolute Gasteiger partial charge is 0.330 e. The topological polar surface area (TPSA) is 226 Å². The van der Waals surface area contributed by atoms with Gasteiger partial charge in [-0.1, -0.05) is 6.07 Å². The lowest BCUT2D eigenvalue weighted by molar-refractivity contribution is -0.278. The summed E-state index contributed by atoms with van der Waals surface area (Å²) in [7, 11) is 1.37. The fourth-order valence-electron chi connectivity index (χ4n) is 4.58. The van der Waals surface area contributed by atoms with E-state index < -0.39 is 66.0 Å². The molecule has 1 fully saturated rings. The number of ether oxygens (including phenoxy) is 4. The number of benzene rings is 3. The lowest BCUT2D eigenvalue weighted by Crippen LogP contribution is -2.60. The van der Waals surface area contributed by atoms with Gasteiger partial charge >= 0.3 is 5.97 Å². The van der Waals surface area contributed by atoms with Gasteiger partial charge in [0, 0.05) is 23.8 Å². The molecule has 1 saturated heterocycles. The maximum absolute atomic E-state index is 12.8. The van der Waals surface area contributed by atoms with Crippen LogP contribution in [0.5, 0.6) is 34.5 Å². The standard InChI is InChI=1S/C31H28O14/c1-41-20-10-14(2-8-17(20)33)3-9-24(35)42-13-23-27(37)29(39)30(40)31(45-23)44-22-12-21-25(28(38)26(22)36)18(34)11-19(43-21)15-4-6-16(32)7-5-15/h2-12,23,27,29-33,36-40H,13H2,1H3/t23-,27-,29+,30-,31-/m1/s1. The first-order valence-corrected chi connectivity index (χ1v) is 13.4. The fraction of sp³-hybridized carbons (Fsp3) is 0.226. The molecule has 1 aliphatic rings. The predicted molar refractivity (Wildman–Crippen MR) is 155 cm³/mol. The number of phenolic OH excluding ortho intramolecular Hbond substituents is 4. The number of rotatable bonds is 8. The Morgan fingerprint density at radius 2 is 1.62 bits per heavy atom. The first kappa shape index (κ1) is 31.2. The fourth-order valence-corrected chi connectivity index (χ4v) is 4.58. The summed E-state index contributed by atoms with van der Waals surface area (Å²) in [5.74, 6) is -3.00. The molecule has 5 rings (SSSR count). The summed E-state index contributed by atoms with van der Waals surface area (Å²) in [5, 5.41) is 71.4. The van der Waals surface area contributed by atoms with E-state index in [4.69, 9.17) is 23.4 Å². The van der Waals surface area contributed by atoms with Gasteiger partial charge in [-0.2, -0.15) is 0 Å². The number of aliphatic hydroxyl groups is 3. The van der Waals surface area contributed by atoms with Crippen LogP contribution in [0.4, 0.5) is 0 Å². The van der Waals surface area contributed by atoms with Crippen molar-refractivity contribution in [1.82, 2.24) is 0 Å². The van der Waals surface area contributed by atoms with E-state index in [2.05, 4.69) is 0 Å². The summed E-state index contributed by atoms with van der Waals surface area (Å²) < 4.78 is 27.0. The van der Waals surface area contributed by atoms with Crippen molar-refractivity contribution in [2.24, 2.45) is 0 Å². The van der Waals surface area contributed by atoms with E-state index in [-0.39, 0.29) is 34.0 Å². The summed E-state index contributed by atoms with van der Waals surface area (Å²) >= 11 is 0. The van der Waals surface area contributed by atoms with Gasteiger partial charge in [0.05, 0.1) is 7.11 Å². The van der Waals surface area contributed by atoms with Crippen molar-refractivity contribution < 1.29 is 63.9 Å². The molecular formula is C31H28O14. The Morgan fingerprint density at radius 3 is 2.33 bits per heavy atom. The normalized spacial score (nSPS) is 21.6. The van der Waals surface area contributed by atoms with Gasteiger partial charge < -0.3 is 59.1 Å². The maximum Gasteiger partial charge on any atom is 0.330 e. The summed E-state index contributed by atoms with van der Waals surface area (Å²) in [4.78, 5) is 25.1. The number of methoxy groups -OCH3 is 1. The van der Waals surface area contributed by atoms with Crippen LogP contribution >= 0.6 is 0 Å². The third-order valence-electron chi connectivity index (χ3n) is 7.00. The summed E-state index contributed by atoms with van der Waals surface area (Å²) in [6.45, 7) is -0.591. The molecule has 4 aromatic rings. The van der Waals surface area contributed by atoms with Crippen LogP contribution < -0.4 is 14.9 Å². The van der Waals surface area contributed by atoms with Crippen LogP contribution in [0.25, 0.3) is 28.4 Å². The molecule has 0 amide bonds. The molecule has 5 atom stereocenters. The summed E-state index contributed by atoms with van der Waals surface area (Å²) in [6.07, 6.45) is -6.16. The van der Waals surface area contributed by atoms with Gasteiger partial charge in [0.2, 0.25) is 12.0 Å². The molecule has 45 heavy (non-hydrogen) atoms. The third-order valence-corrected chi connectivity index (χ3v) is 7.00. The van der Waals surface area contributed by atoms with Crippen LogP contribution in [-0.2, 0) is 14.3 Å². The number of aliphatic hydroxyl groups excluding tert-OH is 3. The zero-order valence-electron chi connectivity index (χ0n) is 23.4. The quantitative estimate of drug-likeness (QED) is 0.0842. The number of fused-ring (bicyclic) bond motifs is 1. The molecule has 14 nitrogen and oxygen atoms in total. The van der Waals surface area contributed by atoms with Gasteiger partial charge in [0.15, 0.2) is 28.4 Å². The Hall–Kier alpha value is -5.28. The zero-order chi connectivity index (χ0) is 32.4. The SMILES string of the molecule is COc1cc(C=CC(=O)OC[C@H]2O[C@@H](Oc3cc4oc(-c5ccc(O)cc5)cc(=O)c4c(O)c3O)[C@H](O)[C@@H](O)[C@@H]2O)ccc1O. The molecule has 0 unspecified atom stereocenters. The van der Waals surface area contributed by atoms with Crippen LogP contribution in [0.3, 0.4) is 0 Å². The molecule has 0 aliphatic carbocycles. The van der Waals surface area contributed by atoms with E-state index in [0.29, 0.717) is 11.1 Å². The lowest BCUT2D eigenvalue weighted by atomic mass is 9.99. The van der Waals surface area contributed by atoms with Crippen molar-refractivity contribution in [3.8, 4) is 45.8 Å². The second-order valence-electron chi connectivity index (χ2n) is 9.99. The van der Waals surface area contributed by atoms with E-state index in [0.717, 1.165) is 18.2 Å². The largest absolute Gasteiger partial charge is 0.508 e. The van der Waals surface area contributed by atoms with Crippen LogP contribution in [0.1, 0.15) is 5.56 Å². The monoisotopic (exact) mass is 624 g/mol. The van der Waals surface area contributed by atoms with E-state index >= 15 is 0 Å². The first-order chi connectivity index (χ1) is 21.5. The van der Waals surface area contributed by atoms with Crippen molar-refractivity contribution in [2.75, 3.05) is 13.7 Å². The summed E-state index contributed by atoms with van der Waals surface area (Å²) in [5.41, 5.74) is 0.00366. The summed E-state index contributed by atoms with van der Waals surface area (Å²) in [6, 6.07) is 12.2. The number of esters is 1. The Labute approximate surface area is 253 Å². The Kier molecular flexibility index (Phi) is 8.83. The van der Waals surface area contributed by atoms with Gasteiger partial charge in [-0.15, -0.1) is 0 Å². The average molecular weight is 625 g/mol. The molecule has 0 spiro atoms. The minimum Gasteiger partial charge on any atom is -0.508 e.